The molecule has 1 N–H and O–H groups in total. The molecular formula is C25H36N2O3. The van der Waals surface area contributed by atoms with Gasteiger partial charge in [0, 0.05) is 36.4 Å². The van der Waals surface area contributed by atoms with E-state index in [4.69, 9.17) is 0 Å². The number of carbonyl (C=O) groups excluding carboxylic acids is 3. The SMILES string of the molecule is C1CCCCC1.CC(C)C(=O)CNC(=O)c1cccc(C2CN(C(=O)C3CC3)C2)c1. The van der Waals surface area contributed by atoms with Crippen LogP contribution in [0.4, 0.5) is 0 Å². The maximum absolute atomic E-state index is 12.2. The number of carbonyl (C=O) groups is 3. The van der Waals surface area contributed by atoms with Crippen LogP contribution in [0.25, 0.3) is 0 Å². The third kappa shape index (κ3) is 6.41. The van der Waals surface area contributed by atoms with Crippen molar-refractivity contribution in [1.29, 1.82) is 0 Å². The summed E-state index contributed by atoms with van der Waals surface area (Å²) in [6.07, 6.45) is 11.1. The summed E-state index contributed by atoms with van der Waals surface area (Å²) in [5, 5.41) is 2.68. The normalized spacial score (nSPS) is 18.8. The first-order chi connectivity index (χ1) is 14.5. The van der Waals surface area contributed by atoms with E-state index in [1.54, 1.807) is 6.07 Å². The van der Waals surface area contributed by atoms with Crippen molar-refractivity contribution in [3.05, 3.63) is 35.4 Å². The Bertz CT molecular complexity index is 733. The molecule has 0 radical (unpaired) electrons. The van der Waals surface area contributed by atoms with Crippen LogP contribution in [0.1, 0.15) is 87.1 Å². The zero-order chi connectivity index (χ0) is 21.5. The summed E-state index contributed by atoms with van der Waals surface area (Å²) >= 11 is 0. The molecule has 164 valence electrons. The number of rotatable bonds is 6. The molecule has 5 heteroatoms. The number of nitrogens with one attached hydrogen (secondary N) is 1. The third-order valence-electron chi connectivity index (χ3n) is 6.31. The van der Waals surface area contributed by atoms with E-state index >= 15 is 0 Å². The van der Waals surface area contributed by atoms with Gasteiger partial charge < -0.3 is 10.2 Å². The van der Waals surface area contributed by atoms with Crippen LogP contribution in [0, 0.1) is 11.8 Å². The predicted octanol–water partition coefficient (Wildman–Crippen LogP) is 4.32. The molecule has 1 heterocycles. The van der Waals surface area contributed by atoms with Gasteiger partial charge in [-0.3, -0.25) is 14.4 Å². The zero-order valence-electron chi connectivity index (χ0n) is 18.5. The average Bonchev–Trinajstić information content (AvgIpc) is 3.58. The molecule has 0 unspecified atom stereocenters. The molecular weight excluding hydrogens is 376 g/mol. The van der Waals surface area contributed by atoms with Crippen LogP contribution < -0.4 is 5.32 Å². The minimum Gasteiger partial charge on any atom is -0.345 e. The van der Waals surface area contributed by atoms with Gasteiger partial charge in [0.2, 0.25) is 5.91 Å². The Labute approximate surface area is 180 Å². The van der Waals surface area contributed by atoms with E-state index in [2.05, 4.69) is 5.32 Å². The fraction of sp³-hybridized carbons (Fsp3) is 0.640. The largest absolute Gasteiger partial charge is 0.345 e. The molecule has 3 aliphatic rings. The topological polar surface area (TPSA) is 66.5 Å². The van der Waals surface area contributed by atoms with Crippen LogP contribution >= 0.6 is 0 Å². The van der Waals surface area contributed by atoms with E-state index in [1.165, 1.54) is 38.5 Å². The van der Waals surface area contributed by atoms with Gasteiger partial charge in [-0.25, -0.2) is 0 Å². The minimum absolute atomic E-state index is 0.0210. The van der Waals surface area contributed by atoms with Gasteiger partial charge >= 0.3 is 0 Å². The minimum atomic E-state index is -0.226. The van der Waals surface area contributed by atoms with Gasteiger partial charge in [-0.15, -0.1) is 0 Å². The maximum atomic E-state index is 12.2. The number of hydrogen-bond acceptors (Lipinski definition) is 3. The van der Waals surface area contributed by atoms with Gasteiger partial charge in [-0.1, -0.05) is 64.5 Å². The summed E-state index contributed by atoms with van der Waals surface area (Å²) in [6.45, 7) is 5.19. The second-order valence-electron chi connectivity index (χ2n) is 9.26. The molecule has 0 spiro atoms. The number of Topliss-reactive ketones (excluding diaryl/α,β-unsaturated/α-hetero) is 1. The highest BCUT2D eigenvalue weighted by molar-refractivity contribution is 5.97. The van der Waals surface area contributed by atoms with Crippen LogP contribution in [-0.4, -0.2) is 42.1 Å². The Morgan fingerprint density at radius 3 is 2.13 bits per heavy atom. The average molecular weight is 413 g/mol. The summed E-state index contributed by atoms with van der Waals surface area (Å²) in [6, 6.07) is 7.49. The summed E-state index contributed by atoms with van der Waals surface area (Å²) in [4.78, 5) is 37.7. The molecule has 1 aromatic rings. The molecule has 1 saturated heterocycles. The van der Waals surface area contributed by atoms with Crippen molar-refractivity contribution in [3.63, 3.8) is 0 Å². The summed E-state index contributed by atoms with van der Waals surface area (Å²) in [7, 11) is 0. The highest BCUT2D eigenvalue weighted by Gasteiger charge is 2.39. The lowest BCUT2D eigenvalue weighted by atomic mass is 9.90. The van der Waals surface area contributed by atoms with E-state index in [1.807, 2.05) is 36.9 Å². The third-order valence-corrected chi connectivity index (χ3v) is 6.31. The van der Waals surface area contributed by atoms with Crippen molar-refractivity contribution in [2.75, 3.05) is 19.6 Å². The number of likely N-dealkylation sites (tertiary alicyclic amines) is 1. The Balaban J connectivity index is 0.000000367. The highest BCUT2D eigenvalue weighted by Crippen LogP contribution is 2.36. The van der Waals surface area contributed by atoms with E-state index in [0.29, 0.717) is 11.5 Å². The smallest absolute Gasteiger partial charge is 0.251 e. The number of benzene rings is 1. The summed E-state index contributed by atoms with van der Waals surface area (Å²) < 4.78 is 0. The second kappa shape index (κ2) is 10.7. The van der Waals surface area contributed by atoms with Gasteiger partial charge in [0.25, 0.3) is 5.91 Å². The van der Waals surface area contributed by atoms with Crippen molar-refractivity contribution in [3.8, 4) is 0 Å². The molecule has 0 aromatic heterocycles. The van der Waals surface area contributed by atoms with Gasteiger partial charge in [0.05, 0.1) is 6.54 Å². The lowest BCUT2D eigenvalue weighted by Crippen LogP contribution is -2.49. The van der Waals surface area contributed by atoms with Crippen LogP contribution in [0.2, 0.25) is 0 Å². The van der Waals surface area contributed by atoms with Crippen LogP contribution in [0.5, 0.6) is 0 Å². The molecule has 2 amide bonds. The van der Waals surface area contributed by atoms with Crippen molar-refractivity contribution >= 4 is 17.6 Å². The van der Waals surface area contributed by atoms with Crippen molar-refractivity contribution in [2.24, 2.45) is 11.8 Å². The van der Waals surface area contributed by atoms with Crippen LogP contribution in [0.3, 0.4) is 0 Å². The molecule has 30 heavy (non-hydrogen) atoms. The van der Waals surface area contributed by atoms with E-state index < -0.39 is 0 Å². The lowest BCUT2D eigenvalue weighted by Gasteiger charge is -2.40. The molecule has 2 aliphatic carbocycles. The standard InChI is InChI=1S/C19H24N2O3.C6H12/c1-12(2)17(22)9-20-18(23)15-5-3-4-14(8-15)16-10-21(11-16)19(24)13-6-7-13;1-2-4-6-5-3-1/h3-5,8,12-13,16H,6-7,9-11H2,1-2H3,(H,20,23);1-6H2. The van der Waals surface area contributed by atoms with Crippen LogP contribution in [0.15, 0.2) is 24.3 Å². The number of hydrogen-bond donors (Lipinski definition) is 1. The van der Waals surface area contributed by atoms with Gasteiger partial charge in [0.1, 0.15) is 0 Å². The highest BCUT2D eigenvalue weighted by atomic mass is 16.2. The molecule has 1 aromatic carbocycles. The Morgan fingerprint density at radius 2 is 1.60 bits per heavy atom. The van der Waals surface area contributed by atoms with E-state index in [0.717, 1.165) is 31.5 Å². The fourth-order valence-corrected chi connectivity index (χ4v) is 3.93. The quantitative estimate of drug-likeness (QED) is 0.757. The number of nitrogens with zero attached hydrogens (tertiary/aromatic N) is 1. The van der Waals surface area contributed by atoms with Gasteiger partial charge in [0.15, 0.2) is 5.78 Å². The fourth-order valence-electron chi connectivity index (χ4n) is 3.93. The molecule has 1 aliphatic heterocycles. The molecule has 2 saturated carbocycles. The van der Waals surface area contributed by atoms with Crippen molar-refractivity contribution in [1.82, 2.24) is 10.2 Å². The lowest BCUT2D eigenvalue weighted by molar-refractivity contribution is -0.137. The molecule has 3 fully saturated rings. The number of amides is 2. The van der Waals surface area contributed by atoms with E-state index in [-0.39, 0.29) is 36.0 Å². The monoisotopic (exact) mass is 412 g/mol. The first-order valence-corrected chi connectivity index (χ1v) is 11.7. The first kappa shape index (κ1) is 22.5. The Hall–Kier alpha value is -2.17. The molecule has 5 nitrogen and oxygen atoms in total. The molecule has 0 bridgehead atoms. The van der Waals surface area contributed by atoms with Gasteiger partial charge in [-0.2, -0.15) is 0 Å². The van der Waals surface area contributed by atoms with Crippen molar-refractivity contribution < 1.29 is 14.4 Å². The van der Waals surface area contributed by atoms with E-state index in [9.17, 15) is 14.4 Å². The zero-order valence-corrected chi connectivity index (χ0v) is 18.5. The predicted molar refractivity (Wildman–Crippen MR) is 118 cm³/mol. The summed E-state index contributed by atoms with van der Waals surface area (Å²) in [5.74, 6) is 0.567. The summed E-state index contributed by atoms with van der Waals surface area (Å²) in [5.41, 5.74) is 1.65. The Kier molecular flexibility index (Phi) is 8.06. The Morgan fingerprint density at radius 1 is 1.00 bits per heavy atom. The maximum Gasteiger partial charge on any atom is 0.251 e. The first-order valence-electron chi connectivity index (χ1n) is 11.7. The van der Waals surface area contributed by atoms with Gasteiger partial charge in [-0.05, 0) is 30.5 Å². The second-order valence-corrected chi connectivity index (χ2v) is 9.26. The van der Waals surface area contributed by atoms with Crippen LogP contribution in [-0.2, 0) is 9.59 Å². The number of ketones is 1. The van der Waals surface area contributed by atoms with Crippen molar-refractivity contribution in [2.45, 2.75) is 71.1 Å². The molecule has 0 atom stereocenters. The molecule has 4 rings (SSSR count).